The molecule has 0 fully saturated rings. The van der Waals surface area contributed by atoms with E-state index >= 15 is 0 Å². The van der Waals surface area contributed by atoms with Crippen molar-refractivity contribution in [1.29, 1.82) is 0 Å². The monoisotopic (exact) mass is 305 g/mol. The molecule has 0 aromatic heterocycles. The molecule has 0 spiro atoms. The molecule has 0 saturated heterocycles. The number of aliphatic hydroxyl groups excluding tert-OH is 1. The fraction of sp³-hybridized carbons (Fsp3) is 0.389. The Kier molecular flexibility index (Phi) is 9.43. The zero-order valence-electron chi connectivity index (χ0n) is 14.2. The van der Waals surface area contributed by atoms with Gasteiger partial charge in [0.15, 0.2) is 0 Å². The lowest BCUT2D eigenvalue weighted by Crippen LogP contribution is -2.26. The third kappa shape index (κ3) is 7.53. The van der Waals surface area contributed by atoms with Gasteiger partial charge in [0.1, 0.15) is 11.5 Å². The van der Waals surface area contributed by atoms with Crippen LogP contribution in [0.25, 0.3) is 0 Å². The topological polar surface area (TPSA) is 49.8 Å². The van der Waals surface area contributed by atoms with Crippen LogP contribution in [0.15, 0.2) is 48.4 Å². The van der Waals surface area contributed by atoms with E-state index in [1.54, 1.807) is 14.0 Å². The van der Waals surface area contributed by atoms with Crippen LogP contribution in [0.2, 0.25) is 0 Å². The molecule has 0 atom stereocenters. The number of aliphatic hydroxyl groups is 1. The van der Waals surface area contributed by atoms with Crippen molar-refractivity contribution in [2.45, 2.75) is 40.7 Å². The highest BCUT2D eigenvalue weighted by molar-refractivity contribution is 5.92. The van der Waals surface area contributed by atoms with Gasteiger partial charge in [0.05, 0.1) is 13.7 Å². The number of benzene rings is 1. The number of carbonyl (C=O) groups excluding carboxylic acids is 1. The number of allylic oxidation sites excluding steroid dienone is 1. The molecule has 0 radical (unpaired) electrons. The van der Waals surface area contributed by atoms with Gasteiger partial charge < -0.3 is 14.7 Å². The quantitative estimate of drug-likeness (QED) is 0.646. The van der Waals surface area contributed by atoms with Crippen molar-refractivity contribution < 1.29 is 14.6 Å². The summed E-state index contributed by atoms with van der Waals surface area (Å²) in [4.78, 5) is 13.4. The number of amides is 1. The Bertz CT molecular complexity index is 500. The van der Waals surface area contributed by atoms with Gasteiger partial charge in [-0.1, -0.05) is 39.0 Å². The molecule has 0 saturated carbocycles. The lowest BCUT2D eigenvalue weighted by atomic mass is 10.2. The van der Waals surface area contributed by atoms with Crippen LogP contribution in [0.4, 0.5) is 0 Å². The second-order valence-corrected chi connectivity index (χ2v) is 5.04. The van der Waals surface area contributed by atoms with E-state index < -0.39 is 0 Å². The van der Waals surface area contributed by atoms with Gasteiger partial charge in [0.25, 0.3) is 5.91 Å². The van der Waals surface area contributed by atoms with Gasteiger partial charge in [-0.2, -0.15) is 0 Å². The number of rotatable bonds is 5. The summed E-state index contributed by atoms with van der Waals surface area (Å²) < 4.78 is 5.08. The second-order valence-electron chi connectivity index (χ2n) is 5.04. The highest BCUT2D eigenvalue weighted by Crippen LogP contribution is 2.14. The van der Waals surface area contributed by atoms with Crippen LogP contribution in [0, 0.1) is 0 Å². The second kappa shape index (κ2) is 10.5. The normalized spacial score (nSPS) is 10.3. The van der Waals surface area contributed by atoms with Crippen LogP contribution in [0.1, 0.15) is 39.7 Å². The lowest BCUT2D eigenvalue weighted by Gasteiger charge is -2.19. The zero-order valence-corrected chi connectivity index (χ0v) is 14.2. The SMILES string of the molecule is C=C(C)C(=O)N(/C=C(\C)O)Cc1ccc(OC)cc1.CCC. The molecule has 0 heterocycles. The molecule has 4 nitrogen and oxygen atoms in total. The average molecular weight is 305 g/mol. The number of methoxy groups -OCH3 is 1. The summed E-state index contributed by atoms with van der Waals surface area (Å²) in [5.74, 6) is 0.614. The van der Waals surface area contributed by atoms with Crippen molar-refractivity contribution >= 4 is 5.91 Å². The molecule has 1 aromatic carbocycles. The number of hydrogen-bond acceptors (Lipinski definition) is 3. The number of ether oxygens (including phenoxy) is 1. The minimum Gasteiger partial charge on any atom is -0.511 e. The van der Waals surface area contributed by atoms with E-state index in [0.29, 0.717) is 12.1 Å². The highest BCUT2D eigenvalue weighted by atomic mass is 16.5. The van der Waals surface area contributed by atoms with Crippen molar-refractivity contribution in [3.8, 4) is 5.75 Å². The fourth-order valence-corrected chi connectivity index (χ4v) is 1.57. The van der Waals surface area contributed by atoms with E-state index in [9.17, 15) is 9.90 Å². The Morgan fingerprint density at radius 1 is 1.27 bits per heavy atom. The van der Waals surface area contributed by atoms with Crippen molar-refractivity contribution in [1.82, 2.24) is 4.90 Å². The molecular weight excluding hydrogens is 278 g/mol. The summed E-state index contributed by atoms with van der Waals surface area (Å²) in [6, 6.07) is 7.40. The van der Waals surface area contributed by atoms with E-state index in [0.717, 1.165) is 11.3 Å². The molecular formula is C18H27NO3. The van der Waals surface area contributed by atoms with E-state index in [4.69, 9.17) is 4.74 Å². The fourth-order valence-electron chi connectivity index (χ4n) is 1.57. The third-order valence-electron chi connectivity index (χ3n) is 2.48. The summed E-state index contributed by atoms with van der Waals surface area (Å²) in [7, 11) is 1.60. The van der Waals surface area contributed by atoms with E-state index in [2.05, 4.69) is 20.4 Å². The Labute approximate surface area is 133 Å². The summed E-state index contributed by atoms with van der Waals surface area (Å²) in [5, 5.41) is 9.33. The Balaban J connectivity index is 0.00000135. The van der Waals surface area contributed by atoms with Gasteiger partial charge >= 0.3 is 0 Å². The standard InChI is InChI=1S/C15H19NO3.C3H8/c1-11(2)15(18)16(9-12(3)17)10-13-5-7-14(19-4)8-6-13;1-3-2/h5-9,17H,1,10H2,2-4H3;3H2,1-2H3/b12-9+;. The third-order valence-corrected chi connectivity index (χ3v) is 2.48. The first kappa shape index (κ1) is 19.8. The van der Waals surface area contributed by atoms with Gasteiger partial charge in [-0.3, -0.25) is 4.79 Å². The van der Waals surface area contributed by atoms with Crippen molar-refractivity contribution in [3.63, 3.8) is 0 Å². The minimum absolute atomic E-state index is 0.0723. The molecule has 4 heteroatoms. The molecule has 1 aromatic rings. The van der Waals surface area contributed by atoms with Gasteiger partial charge in [-0.05, 0) is 31.5 Å². The lowest BCUT2D eigenvalue weighted by molar-refractivity contribution is -0.125. The van der Waals surface area contributed by atoms with Crippen molar-refractivity contribution in [2.24, 2.45) is 0 Å². The van der Waals surface area contributed by atoms with Crippen LogP contribution >= 0.6 is 0 Å². The first-order valence-corrected chi connectivity index (χ1v) is 7.32. The van der Waals surface area contributed by atoms with Gasteiger partial charge in [-0.15, -0.1) is 0 Å². The summed E-state index contributed by atoms with van der Waals surface area (Å²) in [6.07, 6.45) is 2.65. The van der Waals surface area contributed by atoms with Crippen LogP contribution in [0.3, 0.4) is 0 Å². The molecule has 1 N–H and O–H groups in total. The van der Waals surface area contributed by atoms with Crippen molar-refractivity contribution in [3.05, 3.63) is 53.9 Å². The Morgan fingerprint density at radius 2 is 1.77 bits per heavy atom. The molecule has 1 rings (SSSR count). The molecule has 0 aliphatic rings. The van der Waals surface area contributed by atoms with E-state index in [1.807, 2.05) is 24.3 Å². The first-order chi connectivity index (χ1) is 10.3. The smallest absolute Gasteiger partial charge is 0.253 e. The summed E-state index contributed by atoms with van der Waals surface area (Å²) in [6.45, 7) is 11.4. The van der Waals surface area contributed by atoms with Crippen LogP contribution < -0.4 is 4.74 Å². The molecule has 0 unspecified atom stereocenters. The van der Waals surface area contributed by atoms with Crippen molar-refractivity contribution in [2.75, 3.05) is 7.11 Å². The number of nitrogens with zero attached hydrogens (tertiary/aromatic N) is 1. The molecule has 122 valence electrons. The maximum absolute atomic E-state index is 12.0. The van der Waals surface area contributed by atoms with Gasteiger partial charge in [-0.25, -0.2) is 0 Å². The van der Waals surface area contributed by atoms with Gasteiger partial charge in [0.2, 0.25) is 0 Å². The molecule has 0 aliphatic heterocycles. The van der Waals surface area contributed by atoms with E-state index in [1.165, 1.54) is 24.4 Å². The predicted octanol–water partition coefficient (Wildman–Crippen LogP) is 4.44. The largest absolute Gasteiger partial charge is 0.511 e. The molecule has 0 bridgehead atoms. The Hall–Kier alpha value is -2.23. The van der Waals surface area contributed by atoms with Crippen LogP contribution in [-0.4, -0.2) is 23.0 Å². The number of carbonyl (C=O) groups is 1. The maximum Gasteiger partial charge on any atom is 0.253 e. The minimum atomic E-state index is -0.218. The van der Waals surface area contributed by atoms with Crippen LogP contribution in [0.5, 0.6) is 5.75 Å². The average Bonchev–Trinajstić information content (AvgIpc) is 2.46. The molecule has 0 aliphatic carbocycles. The van der Waals surface area contributed by atoms with Crippen LogP contribution in [-0.2, 0) is 11.3 Å². The maximum atomic E-state index is 12.0. The number of hydrogen-bond donors (Lipinski definition) is 1. The first-order valence-electron chi connectivity index (χ1n) is 7.32. The highest BCUT2D eigenvalue weighted by Gasteiger charge is 2.13. The molecule has 22 heavy (non-hydrogen) atoms. The predicted molar refractivity (Wildman–Crippen MR) is 90.7 cm³/mol. The zero-order chi connectivity index (χ0) is 17.1. The Morgan fingerprint density at radius 3 is 2.14 bits per heavy atom. The molecule has 1 amide bonds. The summed E-state index contributed by atoms with van der Waals surface area (Å²) in [5.41, 5.74) is 1.36. The van der Waals surface area contributed by atoms with Gasteiger partial charge in [0, 0.05) is 11.8 Å². The van der Waals surface area contributed by atoms with E-state index in [-0.39, 0.29) is 11.7 Å². The summed E-state index contributed by atoms with van der Waals surface area (Å²) >= 11 is 0.